The predicted octanol–water partition coefficient (Wildman–Crippen LogP) is 7.02. The summed E-state index contributed by atoms with van der Waals surface area (Å²) in [5.74, 6) is -0.291. The summed E-state index contributed by atoms with van der Waals surface area (Å²) in [7, 11) is 0. The Bertz CT molecular complexity index is 1320. The van der Waals surface area contributed by atoms with E-state index in [4.69, 9.17) is 0 Å². The van der Waals surface area contributed by atoms with Gasteiger partial charge in [-0.1, -0.05) is 54.1 Å². The van der Waals surface area contributed by atoms with Crippen molar-refractivity contribution in [3.63, 3.8) is 0 Å². The van der Waals surface area contributed by atoms with Crippen LogP contribution in [0, 0.1) is 6.92 Å². The maximum Gasteiger partial charge on any atom is 0.416 e. The third-order valence-electron chi connectivity index (χ3n) is 6.16. The monoisotopic (exact) mass is 482 g/mol. The van der Waals surface area contributed by atoms with Crippen LogP contribution in [0.4, 0.5) is 17.6 Å². The topological polar surface area (TPSA) is 34.0 Å². The minimum atomic E-state index is -4.40. The van der Waals surface area contributed by atoms with Gasteiger partial charge in [-0.25, -0.2) is 4.39 Å². The van der Waals surface area contributed by atoms with E-state index in [1.54, 1.807) is 10.8 Å². The van der Waals surface area contributed by atoms with Crippen molar-refractivity contribution in [2.45, 2.75) is 39.0 Å². The number of carbonyl (C=O) groups is 1. The Hall–Kier alpha value is -3.61. The molecule has 0 saturated heterocycles. The van der Waals surface area contributed by atoms with E-state index in [9.17, 15) is 22.4 Å². The van der Waals surface area contributed by atoms with Crippen molar-refractivity contribution in [2.24, 2.45) is 0 Å². The van der Waals surface area contributed by atoms with E-state index in [0.717, 1.165) is 28.8 Å². The highest BCUT2D eigenvalue weighted by atomic mass is 19.4. The second-order valence-corrected chi connectivity index (χ2v) is 8.71. The lowest BCUT2D eigenvalue weighted by Crippen LogP contribution is -2.26. The van der Waals surface area contributed by atoms with Crippen molar-refractivity contribution < 1.29 is 22.4 Å². The van der Waals surface area contributed by atoms with E-state index in [2.05, 4.69) is 5.32 Å². The fraction of sp³-hybridized carbons (Fsp3) is 0.250. The lowest BCUT2D eigenvalue weighted by Gasteiger charge is -2.15. The van der Waals surface area contributed by atoms with Crippen molar-refractivity contribution in [1.29, 1.82) is 0 Å². The quantitative estimate of drug-likeness (QED) is 0.282. The predicted molar refractivity (Wildman–Crippen MR) is 129 cm³/mol. The first kappa shape index (κ1) is 24.5. The highest BCUT2D eigenvalue weighted by Crippen LogP contribution is 2.31. The maximum absolute atomic E-state index is 13.3. The summed E-state index contributed by atoms with van der Waals surface area (Å²) in [6, 6.07) is 18.1. The largest absolute Gasteiger partial charge is 0.416 e. The van der Waals surface area contributed by atoms with Gasteiger partial charge in [-0.3, -0.25) is 4.79 Å². The third kappa shape index (κ3) is 5.39. The van der Waals surface area contributed by atoms with Gasteiger partial charge in [0, 0.05) is 17.1 Å². The van der Waals surface area contributed by atoms with Gasteiger partial charge in [0.2, 0.25) is 0 Å². The molecule has 1 aromatic heterocycles. The van der Waals surface area contributed by atoms with E-state index >= 15 is 0 Å². The Morgan fingerprint density at radius 1 is 1.00 bits per heavy atom. The SMILES string of the molecule is Cc1ccc([C@H](C)NC(=O)c2cn(CCF)c3cccc(Cc4ccc(C(F)(F)F)cc4)c23)cc1. The van der Waals surface area contributed by atoms with Crippen molar-refractivity contribution in [3.05, 3.63) is 106 Å². The lowest BCUT2D eigenvalue weighted by atomic mass is 9.98. The van der Waals surface area contributed by atoms with Crippen LogP contribution in [0.25, 0.3) is 10.9 Å². The zero-order valence-electron chi connectivity index (χ0n) is 19.5. The van der Waals surface area contributed by atoms with E-state index < -0.39 is 18.4 Å². The molecule has 0 radical (unpaired) electrons. The van der Waals surface area contributed by atoms with Crippen LogP contribution in [-0.4, -0.2) is 17.1 Å². The summed E-state index contributed by atoms with van der Waals surface area (Å²) < 4.78 is 53.8. The van der Waals surface area contributed by atoms with Crippen molar-refractivity contribution in [3.8, 4) is 0 Å². The highest BCUT2D eigenvalue weighted by molar-refractivity contribution is 6.08. The second kappa shape index (κ2) is 9.94. The van der Waals surface area contributed by atoms with Crippen molar-refractivity contribution >= 4 is 16.8 Å². The Balaban J connectivity index is 1.69. The van der Waals surface area contributed by atoms with Crippen LogP contribution in [0.5, 0.6) is 0 Å². The van der Waals surface area contributed by atoms with E-state index in [1.165, 1.54) is 12.1 Å². The van der Waals surface area contributed by atoms with Gasteiger partial charge >= 0.3 is 6.18 Å². The summed E-state index contributed by atoms with van der Waals surface area (Å²) in [6.07, 6.45) is -2.41. The standard InChI is InChI=1S/C28H26F4N2O/c1-18-6-10-21(11-7-18)19(2)33-27(35)24-17-34(15-14-29)25-5-3-4-22(26(24)25)16-20-8-12-23(13-9-20)28(30,31)32/h3-13,17,19H,14-16H2,1-2H3,(H,33,35)/t19-/m0/s1. The Kier molecular flexibility index (Phi) is 6.96. The number of fused-ring (bicyclic) bond motifs is 1. The first-order valence-corrected chi connectivity index (χ1v) is 11.4. The van der Waals surface area contributed by atoms with Gasteiger partial charge in [0.1, 0.15) is 6.67 Å². The molecule has 1 atom stereocenters. The van der Waals surface area contributed by atoms with Crippen LogP contribution in [0.15, 0.2) is 72.9 Å². The average Bonchev–Trinajstić information content (AvgIpc) is 3.19. The summed E-state index contributed by atoms with van der Waals surface area (Å²) in [5.41, 5.74) is 3.96. The molecule has 0 saturated carbocycles. The minimum Gasteiger partial charge on any atom is -0.345 e. The number of carbonyl (C=O) groups excluding carboxylic acids is 1. The molecule has 4 rings (SSSR count). The molecule has 4 aromatic rings. The number of hydrogen-bond donors (Lipinski definition) is 1. The van der Waals surface area contributed by atoms with E-state index in [-0.39, 0.29) is 18.5 Å². The van der Waals surface area contributed by atoms with Crippen LogP contribution in [0.2, 0.25) is 0 Å². The molecular formula is C28H26F4N2O. The lowest BCUT2D eigenvalue weighted by molar-refractivity contribution is -0.137. The maximum atomic E-state index is 13.3. The molecule has 1 amide bonds. The van der Waals surface area contributed by atoms with E-state index in [1.807, 2.05) is 56.3 Å². The van der Waals surface area contributed by atoms with Crippen LogP contribution < -0.4 is 5.32 Å². The smallest absolute Gasteiger partial charge is 0.345 e. The van der Waals surface area contributed by atoms with Gasteiger partial charge in [-0.05, 0) is 55.2 Å². The van der Waals surface area contributed by atoms with Crippen LogP contribution in [0.3, 0.4) is 0 Å². The highest BCUT2D eigenvalue weighted by Gasteiger charge is 2.30. The molecule has 0 bridgehead atoms. The summed E-state index contributed by atoms with van der Waals surface area (Å²) in [6.45, 7) is 3.39. The molecule has 0 fully saturated rings. The molecule has 0 aliphatic rings. The Morgan fingerprint density at radius 3 is 2.31 bits per heavy atom. The van der Waals surface area contributed by atoms with Gasteiger partial charge in [0.25, 0.3) is 5.91 Å². The first-order chi connectivity index (χ1) is 16.7. The molecule has 35 heavy (non-hydrogen) atoms. The normalized spacial score (nSPS) is 12.6. The molecule has 1 N–H and O–H groups in total. The Morgan fingerprint density at radius 2 is 1.69 bits per heavy atom. The molecule has 7 heteroatoms. The number of nitrogens with one attached hydrogen (secondary N) is 1. The number of nitrogens with zero attached hydrogens (tertiary/aromatic N) is 1. The number of alkyl halides is 4. The zero-order valence-corrected chi connectivity index (χ0v) is 19.5. The van der Waals surface area contributed by atoms with Gasteiger partial charge < -0.3 is 9.88 Å². The molecule has 0 aliphatic heterocycles. The number of halogens is 4. The van der Waals surface area contributed by atoms with E-state index in [0.29, 0.717) is 28.5 Å². The summed E-state index contributed by atoms with van der Waals surface area (Å²) >= 11 is 0. The molecule has 1 heterocycles. The molecule has 3 nitrogen and oxygen atoms in total. The fourth-order valence-corrected chi connectivity index (χ4v) is 4.27. The van der Waals surface area contributed by atoms with Crippen LogP contribution in [0.1, 0.15) is 51.1 Å². The van der Waals surface area contributed by atoms with Gasteiger partial charge in [0.05, 0.1) is 23.7 Å². The minimum absolute atomic E-state index is 0.0982. The summed E-state index contributed by atoms with van der Waals surface area (Å²) in [4.78, 5) is 13.3. The van der Waals surface area contributed by atoms with Crippen LogP contribution in [-0.2, 0) is 19.1 Å². The van der Waals surface area contributed by atoms with Crippen molar-refractivity contribution in [1.82, 2.24) is 9.88 Å². The molecule has 0 aliphatic carbocycles. The molecule has 0 unspecified atom stereocenters. The summed E-state index contributed by atoms with van der Waals surface area (Å²) in [5, 5.41) is 3.70. The Labute approximate surface area is 201 Å². The number of aryl methyl sites for hydroxylation is 2. The average molecular weight is 483 g/mol. The number of aromatic nitrogens is 1. The molecule has 0 spiro atoms. The van der Waals surface area contributed by atoms with Crippen LogP contribution >= 0.6 is 0 Å². The number of benzene rings is 3. The zero-order chi connectivity index (χ0) is 25.2. The fourth-order valence-electron chi connectivity index (χ4n) is 4.27. The third-order valence-corrected chi connectivity index (χ3v) is 6.16. The number of amides is 1. The van der Waals surface area contributed by atoms with Gasteiger partial charge in [-0.15, -0.1) is 0 Å². The number of hydrogen-bond acceptors (Lipinski definition) is 1. The molecule has 182 valence electrons. The van der Waals surface area contributed by atoms with Gasteiger partial charge in [-0.2, -0.15) is 13.2 Å². The molecule has 3 aromatic carbocycles. The first-order valence-electron chi connectivity index (χ1n) is 11.4. The second-order valence-electron chi connectivity index (χ2n) is 8.71. The van der Waals surface area contributed by atoms with Gasteiger partial charge in [0.15, 0.2) is 0 Å². The van der Waals surface area contributed by atoms with Crippen molar-refractivity contribution in [2.75, 3.05) is 6.67 Å². The number of rotatable bonds is 7. The molecular weight excluding hydrogens is 456 g/mol.